The molecule has 1 aliphatic heterocycles. The van der Waals surface area contributed by atoms with Gasteiger partial charge in [-0.3, -0.25) is 4.79 Å². The molecule has 0 aromatic heterocycles. The Morgan fingerprint density at radius 2 is 2.14 bits per heavy atom. The predicted molar refractivity (Wildman–Crippen MR) is 74.5 cm³/mol. The molecule has 0 saturated heterocycles. The van der Waals surface area contributed by atoms with Crippen LogP contribution >= 0.6 is 0 Å². The molecule has 0 spiro atoms. The second-order valence-electron chi connectivity index (χ2n) is 5.89. The lowest BCUT2D eigenvalue weighted by atomic mass is 9.93. The number of ether oxygens (including phenoxy) is 1. The monoisotopic (exact) mass is 310 g/mol. The SMILES string of the molecule is CC1CC(=O)NN=C1c1ccc(OCC2(O)CC2)c(F)c1F. The molecule has 22 heavy (non-hydrogen) atoms. The first kappa shape index (κ1) is 14.9. The van der Waals surface area contributed by atoms with E-state index >= 15 is 0 Å². The van der Waals surface area contributed by atoms with Crippen LogP contribution in [-0.4, -0.2) is 28.9 Å². The predicted octanol–water partition coefficient (Wildman–Crippen LogP) is 1.73. The van der Waals surface area contributed by atoms with Crippen molar-refractivity contribution < 1.29 is 23.4 Å². The molecule has 2 aliphatic rings. The molecule has 0 radical (unpaired) electrons. The highest BCUT2D eigenvalue weighted by atomic mass is 19.2. The fraction of sp³-hybridized carbons (Fsp3) is 0.467. The third-order valence-electron chi connectivity index (χ3n) is 3.91. The van der Waals surface area contributed by atoms with E-state index in [1.165, 1.54) is 12.1 Å². The van der Waals surface area contributed by atoms with E-state index in [9.17, 15) is 18.7 Å². The number of benzene rings is 1. The zero-order valence-corrected chi connectivity index (χ0v) is 12.0. The second kappa shape index (κ2) is 5.31. The van der Waals surface area contributed by atoms with Crippen molar-refractivity contribution in [2.45, 2.75) is 31.8 Å². The van der Waals surface area contributed by atoms with Gasteiger partial charge in [0.15, 0.2) is 11.6 Å². The lowest BCUT2D eigenvalue weighted by molar-refractivity contribution is -0.121. The Balaban J connectivity index is 1.84. The molecule has 1 aliphatic carbocycles. The smallest absolute Gasteiger partial charge is 0.240 e. The Morgan fingerprint density at radius 1 is 1.41 bits per heavy atom. The van der Waals surface area contributed by atoms with Crippen molar-refractivity contribution in [3.05, 3.63) is 29.3 Å². The molecule has 0 bridgehead atoms. The highest BCUT2D eigenvalue weighted by Gasteiger charge is 2.41. The summed E-state index contributed by atoms with van der Waals surface area (Å²) in [6.07, 6.45) is 1.37. The van der Waals surface area contributed by atoms with E-state index in [1.54, 1.807) is 6.92 Å². The van der Waals surface area contributed by atoms with Gasteiger partial charge >= 0.3 is 0 Å². The van der Waals surface area contributed by atoms with Crippen LogP contribution in [0.25, 0.3) is 0 Å². The maximum atomic E-state index is 14.2. The van der Waals surface area contributed by atoms with Crippen LogP contribution in [0.2, 0.25) is 0 Å². The summed E-state index contributed by atoms with van der Waals surface area (Å²) < 4.78 is 33.5. The molecule has 1 aromatic carbocycles. The Labute approximate surface area is 126 Å². The van der Waals surface area contributed by atoms with Gasteiger partial charge in [-0.05, 0) is 25.0 Å². The van der Waals surface area contributed by atoms with E-state index in [0.717, 1.165) is 0 Å². The van der Waals surface area contributed by atoms with Crippen LogP contribution in [0, 0.1) is 17.6 Å². The highest BCUT2D eigenvalue weighted by molar-refractivity contribution is 6.05. The molecule has 3 rings (SSSR count). The van der Waals surface area contributed by atoms with Crippen LogP contribution < -0.4 is 10.2 Å². The van der Waals surface area contributed by atoms with Crippen LogP contribution in [0.3, 0.4) is 0 Å². The molecule has 1 fully saturated rings. The maximum Gasteiger partial charge on any atom is 0.240 e. The number of nitrogens with one attached hydrogen (secondary N) is 1. The molecule has 1 amide bonds. The zero-order valence-electron chi connectivity index (χ0n) is 12.0. The van der Waals surface area contributed by atoms with Gasteiger partial charge in [0.25, 0.3) is 0 Å². The summed E-state index contributed by atoms with van der Waals surface area (Å²) in [5, 5.41) is 13.5. The Morgan fingerprint density at radius 3 is 2.77 bits per heavy atom. The normalized spacial score (nSPS) is 22.8. The van der Waals surface area contributed by atoms with Crippen molar-refractivity contribution >= 4 is 11.6 Å². The summed E-state index contributed by atoms with van der Waals surface area (Å²) in [6.45, 7) is 1.66. The summed E-state index contributed by atoms with van der Waals surface area (Å²) in [4.78, 5) is 11.2. The van der Waals surface area contributed by atoms with Crippen molar-refractivity contribution in [2.24, 2.45) is 11.0 Å². The molecule has 1 heterocycles. The van der Waals surface area contributed by atoms with Crippen LogP contribution in [-0.2, 0) is 4.79 Å². The molecule has 1 atom stereocenters. The van der Waals surface area contributed by atoms with Crippen molar-refractivity contribution in [1.29, 1.82) is 0 Å². The molecule has 5 nitrogen and oxygen atoms in total. The summed E-state index contributed by atoms with van der Waals surface area (Å²) in [5.41, 5.74) is 1.66. The summed E-state index contributed by atoms with van der Waals surface area (Å²) in [5.74, 6) is -2.98. The summed E-state index contributed by atoms with van der Waals surface area (Å²) in [7, 11) is 0. The second-order valence-corrected chi connectivity index (χ2v) is 5.89. The first-order valence-corrected chi connectivity index (χ1v) is 7.09. The van der Waals surface area contributed by atoms with E-state index < -0.39 is 17.2 Å². The molecular weight excluding hydrogens is 294 g/mol. The number of hydrazone groups is 1. The summed E-state index contributed by atoms with van der Waals surface area (Å²) >= 11 is 0. The fourth-order valence-corrected chi connectivity index (χ4v) is 2.32. The van der Waals surface area contributed by atoms with E-state index in [-0.39, 0.29) is 36.2 Å². The lowest BCUT2D eigenvalue weighted by Crippen LogP contribution is -2.32. The van der Waals surface area contributed by atoms with Gasteiger partial charge < -0.3 is 9.84 Å². The van der Waals surface area contributed by atoms with E-state index in [1.807, 2.05) is 0 Å². The number of aliphatic hydroxyl groups is 1. The number of carbonyl (C=O) groups excluding carboxylic acids is 1. The van der Waals surface area contributed by atoms with Crippen molar-refractivity contribution in [3.8, 4) is 5.75 Å². The van der Waals surface area contributed by atoms with E-state index in [2.05, 4.69) is 10.5 Å². The van der Waals surface area contributed by atoms with Gasteiger partial charge in [-0.25, -0.2) is 9.82 Å². The minimum absolute atomic E-state index is 0.00230. The van der Waals surface area contributed by atoms with Gasteiger partial charge in [0.2, 0.25) is 11.7 Å². The van der Waals surface area contributed by atoms with Crippen molar-refractivity contribution in [2.75, 3.05) is 6.61 Å². The van der Waals surface area contributed by atoms with Crippen molar-refractivity contribution in [1.82, 2.24) is 5.43 Å². The molecular formula is C15H16F2N2O3. The molecule has 1 saturated carbocycles. The topological polar surface area (TPSA) is 70.9 Å². The number of hydrogen-bond donors (Lipinski definition) is 2. The first-order valence-electron chi connectivity index (χ1n) is 7.09. The largest absolute Gasteiger partial charge is 0.487 e. The average Bonchev–Trinajstić information content (AvgIpc) is 3.20. The minimum atomic E-state index is -1.12. The Hall–Kier alpha value is -2.02. The Bertz CT molecular complexity index is 656. The number of rotatable bonds is 4. The number of amides is 1. The van der Waals surface area contributed by atoms with Crippen LogP contribution in [0.4, 0.5) is 8.78 Å². The van der Waals surface area contributed by atoms with Gasteiger partial charge in [-0.15, -0.1) is 0 Å². The molecule has 7 heteroatoms. The van der Waals surface area contributed by atoms with Gasteiger partial charge in [-0.1, -0.05) is 6.92 Å². The van der Waals surface area contributed by atoms with E-state index in [0.29, 0.717) is 18.6 Å². The van der Waals surface area contributed by atoms with E-state index in [4.69, 9.17) is 4.74 Å². The fourth-order valence-electron chi connectivity index (χ4n) is 2.32. The third-order valence-corrected chi connectivity index (χ3v) is 3.91. The van der Waals surface area contributed by atoms with Gasteiger partial charge in [0.05, 0.1) is 11.3 Å². The third kappa shape index (κ3) is 2.81. The quantitative estimate of drug-likeness (QED) is 0.889. The molecule has 118 valence electrons. The summed E-state index contributed by atoms with van der Waals surface area (Å²) in [6, 6.07) is 2.68. The van der Waals surface area contributed by atoms with Gasteiger partial charge in [0, 0.05) is 17.9 Å². The number of halogens is 2. The molecule has 1 unspecified atom stereocenters. The van der Waals surface area contributed by atoms with Crippen molar-refractivity contribution in [3.63, 3.8) is 0 Å². The number of nitrogens with zero attached hydrogens (tertiary/aromatic N) is 1. The number of hydrogen-bond acceptors (Lipinski definition) is 4. The number of carbonyl (C=O) groups is 1. The van der Waals surface area contributed by atoms with Crippen LogP contribution in [0.5, 0.6) is 5.75 Å². The minimum Gasteiger partial charge on any atom is -0.487 e. The van der Waals surface area contributed by atoms with Gasteiger partial charge in [0.1, 0.15) is 6.61 Å². The molecule has 1 aromatic rings. The van der Waals surface area contributed by atoms with Crippen LogP contribution in [0.15, 0.2) is 17.2 Å². The zero-order chi connectivity index (χ0) is 15.9. The maximum absolute atomic E-state index is 14.2. The Kier molecular flexibility index (Phi) is 3.60. The van der Waals surface area contributed by atoms with Gasteiger partial charge in [-0.2, -0.15) is 9.49 Å². The highest BCUT2D eigenvalue weighted by Crippen LogP contribution is 2.36. The molecule has 2 N–H and O–H groups in total. The standard InChI is InChI=1S/C15H16F2N2O3/c1-8-6-11(20)18-19-14(8)9-2-3-10(13(17)12(9)16)22-7-15(21)4-5-15/h2-3,8,21H,4-7H2,1H3,(H,18,20). The van der Waals surface area contributed by atoms with Crippen LogP contribution in [0.1, 0.15) is 31.7 Å². The lowest BCUT2D eigenvalue weighted by Gasteiger charge is -2.20. The average molecular weight is 310 g/mol. The first-order chi connectivity index (χ1) is 10.4.